The van der Waals surface area contributed by atoms with Crippen molar-refractivity contribution in [2.24, 2.45) is 0 Å². The lowest BCUT2D eigenvalue weighted by Gasteiger charge is -2.12. The number of imidazole rings is 1. The quantitative estimate of drug-likeness (QED) is 0.327. The Morgan fingerprint density at radius 2 is 1.67 bits per heavy atom. The second-order valence-corrected chi connectivity index (χ2v) is 7.50. The van der Waals surface area contributed by atoms with Crippen LogP contribution < -0.4 is 4.74 Å². The van der Waals surface area contributed by atoms with E-state index in [0.29, 0.717) is 28.2 Å². The number of aromatic nitrogens is 2. The summed E-state index contributed by atoms with van der Waals surface area (Å²) in [7, 11) is 0. The number of alkyl halides is 3. The van der Waals surface area contributed by atoms with E-state index in [4.69, 9.17) is 27.9 Å². The van der Waals surface area contributed by atoms with Gasteiger partial charge in [0.25, 0.3) is 0 Å². The third kappa shape index (κ3) is 4.40. The molecule has 8 heteroatoms. The van der Waals surface area contributed by atoms with Gasteiger partial charge in [0, 0.05) is 11.6 Å². The molecule has 0 atom stereocenters. The minimum absolute atomic E-state index is 0.136. The van der Waals surface area contributed by atoms with Crippen molar-refractivity contribution in [3.05, 3.63) is 93.7 Å². The van der Waals surface area contributed by atoms with Crippen molar-refractivity contribution in [2.45, 2.75) is 19.3 Å². The fourth-order valence-electron chi connectivity index (χ4n) is 3.13. The zero-order valence-corrected chi connectivity index (χ0v) is 17.0. The molecule has 0 amide bonds. The van der Waals surface area contributed by atoms with Gasteiger partial charge in [-0.3, -0.25) is 0 Å². The van der Waals surface area contributed by atoms with Crippen LogP contribution >= 0.6 is 23.2 Å². The summed E-state index contributed by atoms with van der Waals surface area (Å²) in [4.78, 5) is 4.62. The number of benzene rings is 3. The van der Waals surface area contributed by atoms with E-state index in [0.717, 1.165) is 28.7 Å². The van der Waals surface area contributed by atoms with Gasteiger partial charge in [0.2, 0.25) is 0 Å². The number of rotatable bonds is 5. The van der Waals surface area contributed by atoms with Gasteiger partial charge in [-0.05, 0) is 48.0 Å². The summed E-state index contributed by atoms with van der Waals surface area (Å²) in [6, 6.07) is 17.6. The van der Waals surface area contributed by atoms with Crippen molar-refractivity contribution >= 4 is 34.2 Å². The maximum atomic E-state index is 12.8. The monoisotopic (exact) mass is 450 g/mol. The van der Waals surface area contributed by atoms with Gasteiger partial charge < -0.3 is 9.30 Å². The Labute approximate surface area is 180 Å². The van der Waals surface area contributed by atoms with E-state index < -0.39 is 11.7 Å². The predicted molar refractivity (Wildman–Crippen MR) is 111 cm³/mol. The topological polar surface area (TPSA) is 27.1 Å². The van der Waals surface area contributed by atoms with Crippen molar-refractivity contribution in [3.63, 3.8) is 0 Å². The van der Waals surface area contributed by atoms with Gasteiger partial charge in [-0.15, -0.1) is 0 Å². The zero-order valence-electron chi connectivity index (χ0n) is 15.5. The van der Waals surface area contributed by atoms with E-state index in [1.165, 1.54) is 12.1 Å². The smallest absolute Gasteiger partial charge is 0.416 e. The Hall–Kier alpha value is -2.70. The number of fused-ring (bicyclic) bond motifs is 1. The van der Waals surface area contributed by atoms with Crippen molar-refractivity contribution in [1.29, 1.82) is 0 Å². The Morgan fingerprint density at radius 1 is 0.933 bits per heavy atom. The minimum atomic E-state index is -4.36. The molecule has 0 radical (unpaired) electrons. The average molecular weight is 451 g/mol. The summed E-state index contributed by atoms with van der Waals surface area (Å²) >= 11 is 12.1. The fourth-order valence-corrected chi connectivity index (χ4v) is 3.59. The molecule has 0 saturated carbocycles. The number of para-hydroxylation sites is 2. The number of halogens is 5. The second-order valence-electron chi connectivity index (χ2n) is 6.66. The molecule has 30 heavy (non-hydrogen) atoms. The number of hydrogen-bond acceptors (Lipinski definition) is 2. The van der Waals surface area contributed by atoms with Crippen LogP contribution in [0, 0.1) is 0 Å². The van der Waals surface area contributed by atoms with Crippen LogP contribution in [0.4, 0.5) is 13.2 Å². The lowest BCUT2D eigenvalue weighted by Crippen LogP contribution is -2.09. The Balaban J connectivity index is 1.63. The maximum Gasteiger partial charge on any atom is 0.416 e. The minimum Gasteiger partial charge on any atom is -0.484 e. The van der Waals surface area contributed by atoms with Gasteiger partial charge in [-0.25, -0.2) is 4.98 Å². The summed E-state index contributed by atoms with van der Waals surface area (Å²) in [6.07, 6.45) is -4.36. The molecule has 3 nitrogen and oxygen atoms in total. The van der Waals surface area contributed by atoms with Gasteiger partial charge in [0.05, 0.1) is 21.6 Å². The summed E-state index contributed by atoms with van der Waals surface area (Å²) < 4.78 is 46.3. The van der Waals surface area contributed by atoms with Crippen LogP contribution in [-0.4, -0.2) is 9.55 Å². The highest BCUT2D eigenvalue weighted by atomic mass is 35.5. The van der Waals surface area contributed by atoms with E-state index in [9.17, 15) is 13.2 Å². The largest absolute Gasteiger partial charge is 0.484 e. The van der Waals surface area contributed by atoms with Crippen LogP contribution in [0.2, 0.25) is 10.0 Å². The fraction of sp³-hybridized carbons (Fsp3) is 0.136. The Bertz CT molecular complexity index is 1190. The number of ether oxygens (including phenoxy) is 1. The molecule has 0 aliphatic carbocycles. The highest BCUT2D eigenvalue weighted by molar-refractivity contribution is 6.35. The summed E-state index contributed by atoms with van der Waals surface area (Å²) in [5.41, 5.74) is 1.67. The zero-order chi connectivity index (χ0) is 21.3. The molecular weight excluding hydrogens is 436 g/mol. The first kappa shape index (κ1) is 20.6. The third-order valence-electron chi connectivity index (χ3n) is 4.61. The van der Waals surface area contributed by atoms with Gasteiger partial charge in [-0.2, -0.15) is 13.2 Å². The molecule has 4 aromatic rings. The third-order valence-corrected chi connectivity index (χ3v) is 5.14. The molecule has 0 aliphatic heterocycles. The van der Waals surface area contributed by atoms with Crippen molar-refractivity contribution < 1.29 is 17.9 Å². The van der Waals surface area contributed by atoms with Gasteiger partial charge in [0.1, 0.15) is 18.2 Å². The summed E-state index contributed by atoms with van der Waals surface area (Å²) in [6.45, 7) is 0.488. The second kappa shape index (κ2) is 8.20. The molecule has 0 saturated heterocycles. The number of nitrogens with zero attached hydrogens (tertiary/aromatic N) is 2. The lowest BCUT2D eigenvalue weighted by molar-refractivity contribution is -0.137. The molecule has 154 valence electrons. The first-order valence-electron chi connectivity index (χ1n) is 8.99. The van der Waals surface area contributed by atoms with E-state index in [2.05, 4.69) is 4.98 Å². The highest BCUT2D eigenvalue weighted by Crippen LogP contribution is 2.30. The van der Waals surface area contributed by atoms with Crippen LogP contribution in [0.5, 0.6) is 5.75 Å². The van der Waals surface area contributed by atoms with Crippen LogP contribution in [-0.2, 0) is 19.3 Å². The Kier molecular flexibility index (Phi) is 5.62. The van der Waals surface area contributed by atoms with Gasteiger partial charge in [0.15, 0.2) is 0 Å². The molecule has 0 spiro atoms. The standard InChI is InChI=1S/C22H15Cl2F3N2O/c23-16-9-10-20(17(24)11-16)30-13-21-28-18-3-1-2-4-19(18)29(21)12-14-5-7-15(8-6-14)22(25,26)27/h1-11H,12-13H2. The van der Waals surface area contributed by atoms with E-state index in [1.54, 1.807) is 18.2 Å². The Morgan fingerprint density at radius 3 is 2.37 bits per heavy atom. The lowest BCUT2D eigenvalue weighted by atomic mass is 10.1. The van der Waals surface area contributed by atoms with Crippen LogP contribution in [0.15, 0.2) is 66.7 Å². The van der Waals surface area contributed by atoms with Gasteiger partial charge in [-0.1, -0.05) is 47.5 Å². The molecule has 0 unspecified atom stereocenters. The molecule has 0 bridgehead atoms. The summed E-state index contributed by atoms with van der Waals surface area (Å²) in [5.74, 6) is 1.09. The average Bonchev–Trinajstić information content (AvgIpc) is 3.05. The van der Waals surface area contributed by atoms with E-state index >= 15 is 0 Å². The van der Waals surface area contributed by atoms with E-state index in [1.807, 2.05) is 28.8 Å². The molecule has 1 aromatic heterocycles. The number of hydrogen-bond donors (Lipinski definition) is 0. The molecule has 0 fully saturated rings. The highest BCUT2D eigenvalue weighted by Gasteiger charge is 2.30. The summed E-state index contributed by atoms with van der Waals surface area (Å²) in [5, 5.41) is 0.884. The van der Waals surface area contributed by atoms with Crippen molar-refractivity contribution in [1.82, 2.24) is 9.55 Å². The van der Waals surface area contributed by atoms with Crippen LogP contribution in [0.25, 0.3) is 11.0 Å². The van der Waals surface area contributed by atoms with Crippen LogP contribution in [0.3, 0.4) is 0 Å². The first-order chi connectivity index (χ1) is 14.3. The van der Waals surface area contributed by atoms with E-state index in [-0.39, 0.29) is 6.61 Å². The molecule has 4 rings (SSSR count). The predicted octanol–water partition coefficient (Wildman–Crippen LogP) is 6.99. The SMILES string of the molecule is FC(F)(F)c1ccc(Cn2c(COc3ccc(Cl)cc3Cl)nc3ccccc32)cc1. The molecule has 3 aromatic carbocycles. The first-order valence-corrected chi connectivity index (χ1v) is 9.75. The van der Waals surface area contributed by atoms with Crippen molar-refractivity contribution in [2.75, 3.05) is 0 Å². The normalized spacial score (nSPS) is 11.8. The molecule has 1 heterocycles. The van der Waals surface area contributed by atoms with Crippen molar-refractivity contribution in [3.8, 4) is 5.75 Å². The molecule has 0 aliphatic rings. The molecular formula is C22H15Cl2F3N2O. The van der Waals surface area contributed by atoms with Crippen LogP contribution in [0.1, 0.15) is 17.0 Å². The molecule has 0 N–H and O–H groups in total. The van der Waals surface area contributed by atoms with Gasteiger partial charge >= 0.3 is 6.18 Å². The maximum absolute atomic E-state index is 12.8.